The summed E-state index contributed by atoms with van der Waals surface area (Å²) in [5.41, 5.74) is 2.54. The second-order valence-corrected chi connectivity index (χ2v) is 9.39. The summed E-state index contributed by atoms with van der Waals surface area (Å²) in [5.74, 6) is -0.486. The van der Waals surface area contributed by atoms with E-state index in [4.69, 9.17) is 26.2 Å². The van der Waals surface area contributed by atoms with Gasteiger partial charge in [-0.15, -0.1) is 0 Å². The molecule has 2 aromatic rings. The third kappa shape index (κ3) is 4.22. The van der Waals surface area contributed by atoms with Gasteiger partial charge in [0.1, 0.15) is 11.9 Å². The summed E-state index contributed by atoms with van der Waals surface area (Å²) in [6.45, 7) is 1.50. The van der Waals surface area contributed by atoms with Gasteiger partial charge in [0.2, 0.25) is 10.0 Å². The number of hydrogen-bond donors (Lipinski definition) is 1. The lowest BCUT2D eigenvalue weighted by Crippen LogP contribution is -2.40. The van der Waals surface area contributed by atoms with Gasteiger partial charge in [0.25, 0.3) is 0 Å². The fourth-order valence-corrected chi connectivity index (χ4v) is 5.25. The zero-order valence-electron chi connectivity index (χ0n) is 16.0. The van der Waals surface area contributed by atoms with Crippen molar-refractivity contribution in [3.63, 3.8) is 0 Å². The van der Waals surface area contributed by atoms with Gasteiger partial charge < -0.3 is 14.6 Å². The smallest absolute Gasteiger partial charge is 0.328 e. The van der Waals surface area contributed by atoms with Crippen LogP contribution in [0.1, 0.15) is 5.56 Å². The second-order valence-electron chi connectivity index (χ2n) is 7.04. The topological polar surface area (TPSA) is 93.1 Å². The maximum atomic E-state index is 12.8. The van der Waals surface area contributed by atoms with Gasteiger partial charge in [0.15, 0.2) is 0 Å². The lowest BCUT2D eigenvalue weighted by Gasteiger charge is -2.26. The van der Waals surface area contributed by atoms with Crippen LogP contribution in [0.2, 0.25) is 5.02 Å². The molecule has 1 saturated heterocycles. The van der Waals surface area contributed by atoms with Crippen LogP contribution < -0.4 is 4.74 Å². The van der Waals surface area contributed by atoms with E-state index in [1.807, 2.05) is 6.07 Å². The van der Waals surface area contributed by atoms with E-state index >= 15 is 0 Å². The number of carboxylic acid groups (broad SMARTS) is 1. The number of hydrogen-bond acceptors (Lipinski definition) is 5. The summed E-state index contributed by atoms with van der Waals surface area (Å²) < 4.78 is 37.9. The number of sulfonamides is 1. The molecule has 0 bridgehead atoms. The van der Waals surface area contributed by atoms with Crippen molar-refractivity contribution in [2.24, 2.45) is 0 Å². The van der Waals surface area contributed by atoms with Gasteiger partial charge in [0, 0.05) is 31.1 Å². The van der Waals surface area contributed by atoms with Crippen molar-refractivity contribution in [3.05, 3.63) is 59.1 Å². The van der Waals surface area contributed by atoms with E-state index in [2.05, 4.69) is 0 Å². The Kier molecular flexibility index (Phi) is 5.84. The van der Waals surface area contributed by atoms with E-state index in [9.17, 15) is 13.2 Å². The van der Waals surface area contributed by atoms with Crippen LogP contribution in [-0.2, 0) is 26.0 Å². The number of rotatable bonds is 5. The number of fused-ring (bicyclic) bond motifs is 1. The Bertz CT molecular complexity index is 1090. The quantitative estimate of drug-likeness (QED) is 0.705. The number of benzene rings is 2. The SMILES string of the molecule is O=C(O)/C=C/C1Cc2cc(-c3ccc(S(=O)(=O)N4CCOCC4)cc3)cc(Cl)c2O1. The van der Waals surface area contributed by atoms with Gasteiger partial charge >= 0.3 is 5.97 Å². The molecule has 0 saturated carbocycles. The zero-order valence-corrected chi connectivity index (χ0v) is 17.5. The lowest BCUT2D eigenvalue weighted by atomic mass is 10.0. The van der Waals surface area contributed by atoms with Crippen molar-refractivity contribution in [1.29, 1.82) is 0 Å². The summed E-state index contributed by atoms with van der Waals surface area (Å²) in [6, 6.07) is 10.4. The number of aliphatic carboxylic acids is 1. The third-order valence-corrected chi connectivity index (χ3v) is 7.25. The molecule has 0 aliphatic carbocycles. The van der Waals surface area contributed by atoms with Crippen LogP contribution in [-0.4, -0.2) is 56.2 Å². The molecule has 1 fully saturated rings. The van der Waals surface area contributed by atoms with Crippen LogP contribution in [0.15, 0.2) is 53.4 Å². The fraction of sp³-hybridized carbons (Fsp3) is 0.286. The molecule has 1 N–H and O–H groups in total. The lowest BCUT2D eigenvalue weighted by molar-refractivity contribution is -0.131. The molecule has 30 heavy (non-hydrogen) atoms. The average molecular weight is 450 g/mol. The molecule has 9 heteroatoms. The Hall–Kier alpha value is -2.39. The number of nitrogens with zero attached hydrogens (tertiary/aromatic N) is 1. The number of carbonyl (C=O) groups is 1. The molecule has 1 unspecified atom stereocenters. The highest BCUT2D eigenvalue weighted by atomic mass is 35.5. The zero-order chi connectivity index (χ0) is 21.3. The highest BCUT2D eigenvalue weighted by Crippen LogP contribution is 2.40. The molecule has 4 rings (SSSR count). The monoisotopic (exact) mass is 449 g/mol. The minimum atomic E-state index is -3.55. The van der Waals surface area contributed by atoms with Gasteiger partial charge in [-0.3, -0.25) is 0 Å². The highest BCUT2D eigenvalue weighted by molar-refractivity contribution is 7.89. The molecule has 0 spiro atoms. The molecule has 158 valence electrons. The molecular formula is C21H20ClNO6S. The van der Waals surface area contributed by atoms with Gasteiger partial charge in [-0.05, 0) is 41.5 Å². The van der Waals surface area contributed by atoms with E-state index < -0.39 is 16.0 Å². The molecule has 0 amide bonds. The summed E-state index contributed by atoms with van der Waals surface area (Å²) in [7, 11) is -3.55. The van der Waals surface area contributed by atoms with Crippen LogP contribution in [0.3, 0.4) is 0 Å². The molecule has 2 aliphatic heterocycles. The normalized spacial score (nSPS) is 19.6. The van der Waals surface area contributed by atoms with E-state index in [0.29, 0.717) is 43.5 Å². The predicted octanol–water partition coefficient (Wildman–Crippen LogP) is 2.97. The Morgan fingerprint density at radius 1 is 1.13 bits per heavy atom. The van der Waals surface area contributed by atoms with Crippen molar-refractivity contribution in [1.82, 2.24) is 4.31 Å². The van der Waals surface area contributed by atoms with Gasteiger partial charge in [-0.1, -0.05) is 23.7 Å². The summed E-state index contributed by atoms with van der Waals surface area (Å²) in [6.07, 6.45) is 2.67. The molecule has 2 heterocycles. The number of ether oxygens (including phenoxy) is 2. The van der Waals surface area contributed by atoms with Gasteiger partial charge in [-0.25, -0.2) is 13.2 Å². The average Bonchev–Trinajstić information content (AvgIpc) is 3.17. The largest absolute Gasteiger partial charge is 0.484 e. The van der Waals surface area contributed by atoms with Crippen LogP contribution >= 0.6 is 11.6 Å². The molecular weight excluding hydrogens is 430 g/mol. The van der Waals surface area contributed by atoms with Crippen molar-refractivity contribution in [2.75, 3.05) is 26.3 Å². The van der Waals surface area contributed by atoms with E-state index in [-0.39, 0.29) is 11.0 Å². The van der Waals surface area contributed by atoms with Crippen molar-refractivity contribution in [2.45, 2.75) is 17.4 Å². The number of morpholine rings is 1. The minimum Gasteiger partial charge on any atom is -0.484 e. The first-order valence-electron chi connectivity index (χ1n) is 9.43. The van der Waals surface area contributed by atoms with Crippen LogP contribution in [0.5, 0.6) is 5.75 Å². The third-order valence-electron chi connectivity index (χ3n) is 5.06. The Morgan fingerprint density at radius 3 is 2.50 bits per heavy atom. The Morgan fingerprint density at radius 2 is 1.83 bits per heavy atom. The first-order chi connectivity index (χ1) is 14.3. The molecule has 7 nitrogen and oxygen atoms in total. The molecule has 0 aromatic heterocycles. The molecule has 2 aliphatic rings. The molecule has 2 aromatic carbocycles. The Labute approximate surface area is 179 Å². The predicted molar refractivity (Wildman–Crippen MR) is 111 cm³/mol. The summed E-state index contributed by atoms with van der Waals surface area (Å²) in [5, 5.41) is 9.21. The minimum absolute atomic E-state index is 0.239. The first-order valence-corrected chi connectivity index (χ1v) is 11.2. The van der Waals surface area contributed by atoms with Gasteiger partial charge in [-0.2, -0.15) is 4.31 Å². The highest BCUT2D eigenvalue weighted by Gasteiger charge is 2.27. The summed E-state index contributed by atoms with van der Waals surface area (Å²) in [4.78, 5) is 11.0. The van der Waals surface area contributed by atoms with Crippen LogP contribution in [0, 0.1) is 0 Å². The molecule has 0 radical (unpaired) electrons. The maximum Gasteiger partial charge on any atom is 0.328 e. The Balaban J connectivity index is 1.57. The number of halogens is 1. The first kappa shape index (κ1) is 20.9. The molecule has 1 atom stereocenters. The standard InChI is InChI=1S/C21H20ClNO6S/c22-19-13-15(11-16-12-17(29-21(16)19)3-6-20(24)25)14-1-4-18(5-2-14)30(26,27)23-7-9-28-10-8-23/h1-6,11,13,17H,7-10,12H2,(H,24,25)/b6-3+. The van der Waals surface area contributed by atoms with Crippen molar-refractivity contribution < 1.29 is 27.8 Å². The second kappa shape index (κ2) is 8.39. The van der Waals surface area contributed by atoms with Crippen LogP contribution in [0.25, 0.3) is 11.1 Å². The van der Waals surface area contributed by atoms with Crippen molar-refractivity contribution >= 4 is 27.6 Å². The van der Waals surface area contributed by atoms with E-state index in [1.165, 1.54) is 10.4 Å². The number of carboxylic acids is 1. The maximum absolute atomic E-state index is 12.8. The van der Waals surface area contributed by atoms with E-state index in [1.54, 1.807) is 30.3 Å². The summed E-state index contributed by atoms with van der Waals surface area (Å²) >= 11 is 6.38. The fourth-order valence-electron chi connectivity index (χ4n) is 3.56. The van der Waals surface area contributed by atoms with Crippen LogP contribution in [0.4, 0.5) is 0 Å². The van der Waals surface area contributed by atoms with E-state index in [0.717, 1.165) is 22.8 Å². The van der Waals surface area contributed by atoms with Crippen molar-refractivity contribution in [3.8, 4) is 16.9 Å². The van der Waals surface area contributed by atoms with Gasteiger partial charge in [0.05, 0.1) is 23.1 Å².